The van der Waals surface area contributed by atoms with Crippen LogP contribution in [0.15, 0.2) is 36.5 Å². The molecule has 1 aliphatic rings. The largest absolute Gasteiger partial charge is 0.466 e. The molecule has 37 heavy (non-hydrogen) atoms. The van der Waals surface area contributed by atoms with Crippen molar-refractivity contribution in [3.05, 3.63) is 59.2 Å². The Morgan fingerprint density at radius 3 is 2.46 bits per heavy atom. The minimum Gasteiger partial charge on any atom is -0.466 e. The summed E-state index contributed by atoms with van der Waals surface area (Å²) in [5.74, 6) is -2.22. The van der Waals surface area contributed by atoms with Crippen molar-refractivity contribution < 1.29 is 33.0 Å². The average Bonchev–Trinajstić information content (AvgIpc) is 3.28. The first-order valence-electron chi connectivity index (χ1n) is 12.5. The number of esters is 2. The van der Waals surface area contributed by atoms with Gasteiger partial charge in [0.2, 0.25) is 11.8 Å². The second kappa shape index (κ2) is 13.5. The molecule has 1 fully saturated rings. The molecule has 0 N–H and O–H groups in total. The van der Waals surface area contributed by atoms with E-state index in [1.54, 1.807) is 36.9 Å². The highest BCUT2D eigenvalue weighted by molar-refractivity contribution is 6.06. The van der Waals surface area contributed by atoms with Gasteiger partial charge in [-0.25, -0.2) is 14.2 Å². The van der Waals surface area contributed by atoms with E-state index in [9.17, 15) is 23.6 Å². The first-order valence-corrected chi connectivity index (χ1v) is 12.5. The van der Waals surface area contributed by atoms with Gasteiger partial charge in [-0.1, -0.05) is 12.1 Å². The zero-order valence-electron chi connectivity index (χ0n) is 21.2. The number of amides is 2. The summed E-state index contributed by atoms with van der Waals surface area (Å²) >= 11 is 0. The van der Waals surface area contributed by atoms with Crippen LogP contribution in [-0.2, 0) is 30.3 Å². The summed E-state index contributed by atoms with van der Waals surface area (Å²) in [6, 6.07) is 7.65. The highest BCUT2D eigenvalue weighted by atomic mass is 19.1. The molecule has 2 amide bonds. The number of aromatic nitrogens is 1. The van der Waals surface area contributed by atoms with E-state index in [4.69, 9.17) is 9.47 Å². The van der Waals surface area contributed by atoms with E-state index in [0.29, 0.717) is 37.9 Å². The van der Waals surface area contributed by atoms with Crippen LogP contribution >= 0.6 is 0 Å². The molecule has 1 aromatic heterocycles. The molecule has 0 spiro atoms. The quantitative estimate of drug-likeness (QED) is 0.317. The highest BCUT2D eigenvalue weighted by Gasteiger charge is 2.27. The maximum Gasteiger partial charge on any atom is 0.359 e. The number of hydrogen-bond donors (Lipinski definition) is 0. The first-order chi connectivity index (χ1) is 17.8. The molecule has 0 aliphatic carbocycles. The molecule has 0 unspecified atom stereocenters. The monoisotopic (exact) mass is 513 g/mol. The van der Waals surface area contributed by atoms with Crippen molar-refractivity contribution in [2.45, 2.75) is 46.0 Å². The molecular formula is C27H32FN3O6. The summed E-state index contributed by atoms with van der Waals surface area (Å²) in [6.07, 6.45) is 3.12. The minimum atomic E-state index is -0.700. The molecular weight excluding hydrogens is 481 g/mol. The van der Waals surface area contributed by atoms with Crippen molar-refractivity contribution in [1.82, 2.24) is 9.88 Å². The number of likely N-dealkylation sites (tertiary alicyclic amines) is 1. The van der Waals surface area contributed by atoms with E-state index >= 15 is 0 Å². The van der Waals surface area contributed by atoms with Gasteiger partial charge in [-0.2, -0.15) is 0 Å². The zero-order chi connectivity index (χ0) is 26.8. The van der Waals surface area contributed by atoms with Crippen molar-refractivity contribution in [3.8, 4) is 0 Å². The lowest BCUT2D eigenvalue weighted by atomic mass is 10.0. The van der Waals surface area contributed by atoms with E-state index in [1.807, 2.05) is 0 Å². The number of benzene rings is 1. The van der Waals surface area contributed by atoms with Gasteiger partial charge in [0, 0.05) is 32.3 Å². The fourth-order valence-electron chi connectivity index (χ4n) is 4.16. The molecule has 1 saturated heterocycles. The Labute approximate surface area is 215 Å². The van der Waals surface area contributed by atoms with E-state index in [0.717, 1.165) is 12.0 Å². The number of halogens is 1. The van der Waals surface area contributed by atoms with Crippen molar-refractivity contribution in [2.75, 3.05) is 37.7 Å². The molecule has 198 valence electrons. The van der Waals surface area contributed by atoms with Crippen LogP contribution in [-0.4, -0.2) is 66.5 Å². The van der Waals surface area contributed by atoms with Crippen LogP contribution in [0.5, 0.6) is 0 Å². The number of nitrogens with zero attached hydrogens (tertiary/aromatic N) is 3. The average molecular weight is 514 g/mol. The SMILES string of the molecule is CCOC(=O)CC(=O)N(CCCN1CCCC1=O)c1cc(Cc2ccc(F)cc2)cnc1C(=O)OCC. The number of pyridine rings is 1. The van der Waals surface area contributed by atoms with Gasteiger partial charge in [-0.05, 0) is 62.4 Å². The predicted molar refractivity (Wildman–Crippen MR) is 133 cm³/mol. The third-order valence-electron chi connectivity index (χ3n) is 5.89. The second-order valence-electron chi connectivity index (χ2n) is 8.60. The lowest BCUT2D eigenvalue weighted by Gasteiger charge is -2.26. The van der Waals surface area contributed by atoms with Gasteiger partial charge in [0.15, 0.2) is 5.69 Å². The number of ether oxygens (including phenoxy) is 2. The van der Waals surface area contributed by atoms with E-state index in [2.05, 4.69) is 4.98 Å². The molecule has 9 nitrogen and oxygen atoms in total. The van der Waals surface area contributed by atoms with E-state index < -0.39 is 24.3 Å². The molecule has 1 aromatic carbocycles. The third kappa shape index (κ3) is 7.83. The van der Waals surface area contributed by atoms with Gasteiger partial charge in [0.1, 0.15) is 12.2 Å². The summed E-state index contributed by atoms with van der Waals surface area (Å²) in [5, 5.41) is 0. The van der Waals surface area contributed by atoms with E-state index in [1.165, 1.54) is 23.2 Å². The van der Waals surface area contributed by atoms with Crippen molar-refractivity contribution in [1.29, 1.82) is 0 Å². The smallest absolute Gasteiger partial charge is 0.359 e. The number of carbonyl (C=O) groups excluding carboxylic acids is 4. The summed E-state index contributed by atoms with van der Waals surface area (Å²) in [7, 11) is 0. The van der Waals surface area contributed by atoms with Gasteiger partial charge >= 0.3 is 11.9 Å². The second-order valence-corrected chi connectivity index (χ2v) is 8.60. The zero-order valence-corrected chi connectivity index (χ0v) is 21.2. The molecule has 10 heteroatoms. The molecule has 2 aromatic rings. The summed E-state index contributed by atoms with van der Waals surface area (Å²) in [4.78, 5) is 57.5. The van der Waals surface area contributed by atoms with Crippen LogP contribution in [0.2, 0.25) is 0 Å². The maximum absolute atomic E-state index is 13.3. The summed E-state index contributed by atoms with van der Waals surface area (Å²) in [5.41, 5.74) is 1.65. The summed E-state index contributed by atoms with van der Waals surface area (Å²) < 4.78 is 23.5. The lowest BCUT2D eigenvalue weighted by molar-refractivity contribution is -0.145. The lowest BCUT2D eigenvalue weighted by Crippen LogP contribution is -2.37. The summed E-state index contributed by atoms with van der Waals surface area (Å²) in [6.45, 7) is 4.82. The Kier molecular flexibility index (Phi) is 10.1. The fourth-order valence-corrected chi connectivity index (χ4v) is 4.16. The van der Waals surface area contributed by atoms with Crippen molar-refractivity contribution >= 4 is 29.4 Å². The molecule has 0 saturated carbocycles. The Balaban J connectivity index is 1.93. The third-order valence-corrected chi connectivity index (χ3v) is 5.89. The van der Waals surface area contributed by atoms with Gasteiger partial charge in [-0.15, -0.1) is 0 Å². The van der Waals surface area contributed by atoms with Crippen LogP contribution in [0.4, 0.5) is 10.1 Å². The number of anilines is 1. The minimum absolute atomic E-state index is 0.0563. The number of rotatable bonds is 12. The first kappa shape index (κ1) is 27.8. The Morgan fingerprint density at radius 2 is 1.81 bits per heavy atom. The molecule has 3 rings (SSSR count). The maximum atomic E-state index is 13.3. The van der Waals surface area contributed by atoms with Crippen LogP contribution in [0.3, 0.4) is 0 Å². The van der Waals surface area contributed by atoms with Crippen molar-refractivity contribution in [3.63, 3.8) is 0 Å². The van der Waals surface area contributed by atoms with Gasteiger partial charge in [0.05, 0.1) is 18.9 Å². The highest BCUT2D eigenvalue weighted by Crippen LogP contribution is 2.25. The normalized spacial score (nSPS) is 12.9. The van der Waals surface area contributed by atoms with Crippen molar-refractivity contribution in [2.24, 2.45) is 0 Å². The Bertz CT molecular complexity index is 1120. The van der Waals surface area contributed by atoms with Gasteiger partial charge < -0.3 is 19.3 Å². The molecule has 0 bridgehead atoms. The van der Waals surface area contributed by atoms with Crippen LogP contribution in [0.25, 0.3) is 0 Å². The van der Waals surface area contributed by atoms with Crippen LogP contribution in [0, 0.1) is 5.82 Å². The van der Waals surface area contributed by atoms with Crippen LogP contribution in [0.1, 0.15) is 61.1 Å². The molecule has 0 atom stereocenters. The van der Waals surface area contributed by atoms with E-state index in [-0.39, 0.29) is 42.9 Å². The van der Waals surface area contributed by atoms with Crippen LogP contribution < -0.4 is 4.90 Å². The molecule has 2 heterocycles. The van der Waals surface area contributed by atoms with Gasteiger partial charge in [-0.3, -0.25) is 14.4 Å². The topological polar surface area (TPSA) is 106 Å². The Hall–Kier alpha value is -3.82. The number of carbonyl (C=O) groups is 4. The molecule has 0 radical (unpaired) electrons. The standard InChI is InChI=1S/C27H32FN3O6/c1-3-36-25(34)17-24(33)31(14-6-13-30-12-5-7-23(30)32)22-16-20(15-19-8-10-21(28)11-9-19)18-29-26(22)27(35)37-4-2/h8-11,16,18H,3-7,12-15,17H2,1-2H3. The van der Waals surface area contributed by atoms with Gasteiger partial charge in [0.25, 0.3) is 0 Å². The Morgan fingerprint density at radius 1 is 1.08 bits per heavy atom. The number of hydrogen-bond acceptors (Lipinski definition) is 7. The predicted octanol–water partition coefficient (Wildman–Crippen LogP) is 3.29. The fraction of sp³-hybridized carbons (Fsp3) is 0.444. The molecule has 1 aliphatic heterocycles.